The molecule has 8 heteroatoms. The van der Waals surface area contributed by atoms with Crippen LogP contribution in [-0.2, 0) is 0 Å². The number of hydrogen-bond donors (Lipinski definition) is 0. The fourth-order valence-electron chi connectivity index (χ4n) is 3.21. The van der Waals surface area contributed by atoms with Crippen LogP contribution < -0.4 is 9.80 Å². The average molecular weight is 363 g/mol. The summed E-state index contributed by atoms with van der Waals surface area (Å²) < 4.78 is 3.03. The SMILES string of the molecule is c1ccc(-n2nnnc2N2CCN(c3nc4ccccc4s3)CC2)cc1. The Morgan fingerprint density at radius 2 is 1.54 bits per heavy atom. The first-order valence-electron chi connectivity index (χ1n) is 8.58. The van der Waals surface area contributed by atoms with Crippen LogP contribution in [0.25, 0.3) is 15.9 Å². The normalized spacial score (nSPS) is 14.9. The molecule has 7 nitrogen and oxygen atoms in total. The van der Waals surface area contributed by atoms with Crippen molar-refractivity contribution >= 4 is 32.6 Å². The predicted octanol–water partition coefficient (Wildman–Crippen LogP) is 2.60. The van der Waals surface area contributed by atoms with E-state index >= 15 is 0 Å². The number of anilines is 2. The Hall–Kier alpha value is -3.00. The molecule has 5 rings (SSSR count). The lowest BCUT2D eigenvalue weighted by Crippen LogP contribution is -2.47. The smallest absolute Gasteiger partial charge is 0.250 e. The van der Waals surface area contributed by atoms with E-state index in [1.54, 1.807) is 16.0 Å². The van der Waals surface area contributed by atoms with E-state index in [0.29, 0.717) is 0 Å². The van der Waals surface area contributed by atoms with Crippen molar-refractivity contribution in [3.63, 3.8) is 0 Å². The zero-order valence-corrected chi connectivity index (χ0v) is 14.9. The maximum absolute atomic E-state index is 4.77. The van der Waals surface area contributed by atoms with Crippen molar-refractivity contribution in [2.24, 2.45) is 0 Å². The van der Waals surface area contributed by atoms with Crippen LogP contribution in [0.15, 0.2) is 54.6 Å². The molecule has 130 valence electrons. The molecule has 2 aromatic heterocycles. The van der Waals surface area contributed by atoms with Gasteiger partial charge in [0.15, 0.2) is 5.13 Å². The molecule has 0 bridgehead atoms. The lowest BCUT2D eigenvalue weighted by atomic mass is 10.3. The van der Waals surface area contributed by atoms with Crippen LogP contribution in [0.5, 0.6) is 0 Å². The van der Waals surface area contributed by atoms with Gasteiger partial charge in [-0.05, 0) is 34.7 Å². The summed E-state index contributed by atoms with van der Waals surface area (Å²) in [6.07, 6.45) is 0. The Morgan fingerprint density at radius 3 is 2.35 bits per heavy atom. The number of benzene rings is 2. The third kappa shape index (κ3) is 2.68. The quantitative estimate of drug-likeness (QED) is 0.558. The molecule has 0 atom stereocenters. The molecule has 4 aromatic rings. The van der Waals surface area contributed by atoms with Crippen LogP contribution in [0, 0.1) is 0 Å². The zero-order chi connectivity index (χ0) is 17.3. The molecule has 0 spiro atoms. The third-order valence-corrected chi connectivity index (χ3v) is 5.67. The third-order valence-electron chi connectivity index (χ3n) is 4.57. The van der Waals surface area contributed by atoms with Gasteiger partial charge in [-0.3, -0.25) is 0 Å². The first-order chi connectivity index (χ1) is 12.9. The van der Waals surface area contributed by atoms with Crippen molar-refractivity contribution in [3.8, 4) is 5.69 Å². The monoisotopic (exact) mass is 363 g/mol. The second-order valence-electron chi connectivity index (χ2n) is 6.16. The van der Waals surface area contributed by atoms with E-state index < -0.39 is 0 Å². The summed E-state index contributed by atoms with van der Waals surface area (Å²) in [6.45, 7) is 3.54. The molecular weight excluding hydrogens is 346 g/mol. The number of piperazine rings is 1. The van der Waals surface area contributed by atoms with Gasteiger partial charge in [0.1, 0.15) is 0 Å². The fourth-order valence-corrected chi connectivity index (χ4v) is 4.23. The Morgan fingerprint density at radius 1 is 0.808 bits per heavy atom. The summed E-state index contributed by atoms with van der Waals surface area (Å²) in [5, 5.41) is 13.4. The van der Waals surface area contributed by atoms with E-state index in [-0.39, 0.29) is 0 Å². The Bertz CT molecular complexity index is 985. The van der Waals surface area contributed by atoms with E-state index in [9.17, 15) is 0 Å². The molecule has 1 aliphatic heterocycles. The number of nitrogens with zero attached hydrogens (tertiary/aromatic N) is 7. The van der Waals surface area contributed by atoms with E-state index in [1.165, 1.54) is 4.70 Å². The van der Waals surface area contributed by atoms with Crippen molar-refractivity contribution < 1.29 is 0 Å². The highest BCUT2D eigenvalue weighted by molar-refractivity contribution is 7.22. The number of rotatable bonds is 3. The van der Waals surface area contributed by atoms with Gasteiger partial charge in [-0.1, -0.05) is 46.8 Å². The standard InChI is InChI=1S/C18H17N7S/c1-2-6-14(7-3-1)25-17(20-21-22-25)23-10-12-24(13-11-23)18-19-15-8-4-5-9-16(15)26-18/h1-9H,10-13H2. The van der Waals surface area contributed by atoms with Gasteiger partial charge >= 0.3 is 0 Å². The maximum atomic E-state index is 4.77. The van der Waals surface area contributed by atoms with Crippen LogP contribution >= 0.6 is 11.3 Å². The summed E-state index contributed by atoms with van der Waals surface area (Å²) in [6, 6.07) is 18.3. The Kier molecular flexibility index (Phi) is 3.75. The lowest BCUT2D eigenvalue weighted by Gasteiger charge is -2.34. The molecule has 0 radical (unpaired) electrons. The van der Waals surface area contributed by atoms with Gasteiger partial charge in [0.25, 0.3) is 0 Å². The first kappa shape index (κ1) is 15.3. The van der Waals surface area contributed by atoms with Crippen molar-refractivity contribution in [3.05, 3.63) is 54.6 Å². The van der Waals surface area contributed by atoms with E-state index in [0.717, 1.165) is 48.5 Å². The molecule has 0 aliphatic carbocycles. The summed E-state index contributed by atoms with van der Waals surface area (Å²) in [7, 11) is 0. The van der Waals surface area contributed by atoms with Crippen LogP contribution in [0.3, 0.4) is 0 Å². The van der Waals surface area contributed by atoms with Gasteiger partial charge in [-0.15, -0.1) is 0 Å². The average Bonchev–Trinajstić information content (AvgIpc) is 3.36. The molecule has 0 N–H and O–H groups in total. The minimum atomic E-state index is 0.792. The number of aromatic nitrogens is 5. The van der Waals surface area contributed by atoms with Crippen LogP contribution in [-0.4, -0.2) is 51.4 Å². The number of para-hydroxylation sites is 2. The number of thiazole rings is 1. The van der Waals surface area contributed by atoms with E-state index in [4.69, 9.17) is 4.98 Å². The highest BCUT2D eigenvalue weighted by Gasteiger charge is 2.23. The van der Waals surface area contributed by atoms with E-state index in [1.807, 2.05) is 36.4 Å². The van der Waals surface area contributed by atoms with Gasteiger partial charge in [-0.25, -0.2) is 4.98 Å². The summed E-state index contributed by atoms with van der Waals surface area (Å²) >= 11 is 1.75. The highest BCUT2D eigenvalue weighted by atomic mass is 32.1. The molecule has 0 amide bonds. The highest BCUT2D eigenvalue weighted by Crippen LogP contribution is 2.29. The van der Waals surface area contributed by atoms with Gasteiger partial charge in [0.05, 0.1) is 15.9 Å². The maximum Gasteiger partial charge on any atom is 0.250 e. The summed E-state index contributed by atoms with van der Waals surface area (Å²) in [5.41, 5.74) is 2.05. The minimum absolute atomic E-state index is 0.792. The molecule has 1 fully saturated rings. The van der Waals surface area contributed by atoms with E-state index in [2.05, 4.69) is 43.5 Å². The minimum Gasteiger partial charge on any atom is -0.345 e. The largest absolute Gasteiger partial charge is 0.345 e. The predicted molar refractivity (Wildman–Crippen MR) is 103 cm³/mol. The molecular formula is C18H17N7S. The number of hydrogen-bond acceptors (Lipinski definition) is 7. The van der Waals surface area contributed by atoms with Gasteiger partial charge in [-0.2, -0.15) is 4.68 Å². The van der Waals surface area contributed by atoms with Crippen molar-refractivity contribution in [2.45, 2.75) is 0 Å². The number of fused-ring (bicyclic) bond motifs is 1. The fraction of sp³-hybridized carbons (Fsp3) is 0.222. The summed E-state index contributed by atoms with van der Waals surface area (Å²) in [5.74, 6) is 0.792. The van der Waals surface area contributed by atoms with Crippen molar-refractivity contribution in [1.82, 2.24) is 25.2 Å². The van der Waals surface area contributed by atoms with Gasteiger partial charge in [0, 0.05) is 26.2 Å². The first-order valence-corrected chi connectivity index (χ1v) is 9.39. The van der Waals surface area contributed by atoms with Crippen LogP contribution in [0.4, 0.5) is 11.1 Å². The summed E-state index contributed by atoms with van der Waals surface area (Å²) in [4.78, 5) is 9.35. The lowest BCUT2D eigenvalue weighted by molar-refractivity contribution is 0.631. The molecule has 2 aromatic carbocycles. The van der Waals surface area contributed by atoms with Crippen molar-refractivity contribution in [1.29, 1.82) is 0 Å². The zero-order valence-electron chi connectivity index (χ0n) is 14.1. The Labute approximate surface area is 154 Å². The molecule has 0 unspecified atom stereocenters. The molecule has 26 heavy (non-hydrogen) atoms. The number of tetrazole rings is 1. The van der Waals surface area contributed by atoms with Gasteiger partial charge < -0.3 is 9.80 Å². The van der Waals surface area contributed by atoms with Crippen LogP contribution in [0.2, 0.25) is 0 Å². The second kappa shape index (κ2) is 6.38. The molecule has 3 heterocycles. The molecule has 1 aliphatic rings. The van der Waals surface area contributed by atoms with Crippen molar-refractivity contribution in [2.75, 3.05) is 36.0 Å². The van der Waals surface area contributed by atoms with Crippen LogP contribution in [0.1, 0.15) is 0 Å². The Balaban J connectivity index is 1.34. The molecule has 1 saturated heterocycles. The topological polar surface area (TPSA) is 63.0 Å². The second-order valence-corrected chi connectivity index (χ2v) is 7.17. The van der Waals surface area contributed by atoms with Gasteiger partial charge in [0.2, 0.25) is 5.95 Å². The molecule has 0 saturated carbocycles.